The van der Waals surface area contributed by atoms with E-state index in [-0.39, 0.29) is 18.4 Å². The molecule has 3 N–H and O–H groups in total. The second kappa shape index (κ2) is 5.50. The molecule has 1 saturated heterocycles. The van der Waals surface area contributed by atoms with Gasteiger partial charge in [-0.25, -0.2) is 0 Å². The van der Waals surface area contributed by atoms with E-state index in [4.69, 9.17) is 0 Å². The van der Waals surface area contributed by atoms with E-state index in [1.54, 1.807) is 6.92 Å². The monoisotopic (exact) mass is 211 g/mol. The van der Waals surface area contributed by atoms with Gasteiger partial charge >= 0.3 is 0 Å². The Bertz CT molecular complexity index is 291. The summed E-state index contributed by atoms with van der Waals surface area (Å²) < 4.78 is 0. The highest BCUT2D eigenvalue weighted by Crippen LogP contribution is 2.08. The molecule has 2 amide bonds. The Morgan fingerprint density at radius 2 is 2.00 bits per heavy atom. The van der Waals surface area contributed by atoms with E-state index in [9.17, 15) is 9.59 Å². The minimum absolute atomic E-state index is 0.0464. The zero-order valence-corrected chi connectivity index (χ0v) is 9.14. The topological polar surface area (TPSA) is 70.2 Å². The lowest BCUT2D eigenvalue weighted by Gasteiger charge is -2.21. The number of hydrogen-bond acceptors (Lipinski definition) is 3. The number of carbonyl (C=O) groups excluding carboxylic acids is 2. The fourth-order valence-electron chi connectivity index (χ4n) is 1.23. The van der Waals surface area contributed by atoms with Crippen LogP contribution in [0.1, 0.15) is 13.8 Å². The van der Waals surface area contributed by atoms with Crippen LogP contribution in [-0.4, -0.2) is 38.0 Å². The Labute approximate surface area is 89.3 Å². The molecule has 0 spiro atoms. The van der Waals surface area contributed by atoms with Crippen LogP contribution in [-0.2, 0) is 9.59 Å². The van der Waals surface area contributed by atoms with E-state index < -0.39 is 0 Å². The number of nitrogens with one attached hydrogen (secondary N) is 3. The molecule has 5 nitrogen and oxygen atoms in total. The smallest absolute Gasteiger partial charge is 0.247 e. The van der Waals surface area contributed by atoms with E-state index in [2.05, 4.69) is 16.0 Å². The molecular weight excluding hydrogens is 194 g/mol. The van der Waals surface area contributed by atoms with Crippen molar-refractivity contribution in [3.63, 3.8) is 0 Å². The largest absolute Gasteiger partial charge is 0.355 e. The highest BCUT2D eigenvalue weighted by atomic mass is 16.2. The molecule has 0 radical (unpaired) electrons. The molecule has 0 bridgehead atoms. The van der Waals surface area contributed by atoms with Gasteiger partial charge in [0.15, 0.2) is 0 Å². The van der Waals surface area contributed by atoms with E-state index in [1.807, 2.05) is 6.92 Å². The van der Waals surface area contributed by atoms with Crippen molar-refractivity contribution in [1.82, 2.24) is 16.0 Å². The van der Waals surface area contributed by atoms with Crippen LogP contribution in [0.4, 0.5) is 0 Å². The lowest BCUT2D eigenvalue weighted by atomic mass is 10.0. The van der Waals surface area contributed by atoms with Crippen LogP contribution < -0.4 is 16.0 Å². The number of amides is 2. The van der Waals surface area contributed by atoms with Crippen LogP contribution in [0.5, 0.6) is 0 Å². The Balaban J connectivity index is 2.33. The van der Waals surface area contributed by atoms with Crippen LogP contribution in [0, 0.1) is 0 Å². The molecule has 0 aromatic rings. The first-order valence-electron chi connectivity index (χ1n) is 5.09. The standard InChI is InChI=1S/C10H17N3O2/c1-3-12-9(14)6-13-10(15)7(2)8-4-11-5-8/h11H,3-6H2,1-2H3,(H,12,14)(H,13,15). The number of rotatable bonds is 4. The predicted molar refractivity (Wildman–Crippen MR) is 57.3 cm³/mol. The van der Waals surface area contributed by atoms with Gasteiger partial charge in [0.2, 0.25) is 11.8 Å². The highest BCUT2D eigenvalue weighted by molar-refractivity contribution is 5.96. The molecule has 0 aliphatic carbocycles. The van der Waals surface area contributed by atoms with Crippen LogP contribution in [0.15, 0.2) is 11.1 Å². The maximum Gasteiger partial charge on any atom is 0.247 e. The molecule has 1 aliphatic heterocycles. The minimum Gasteiger partial charge on any atom is -0.355 e. The summed E-state index contributed by atoms with van der Waals surface area (Å²) in [4.78, 5) is 22.6. The summed E-state index contributed by atoms with van der Waals surface area (Å²) in [5.74, 6) is -0.312. The molecule has 0 unspecified atom stereocenters. The highest BCUT2D eigenvalue weighted by Gasteiger charge is 2.16. The first-order valence-corrected chi connectivity index (χ1v) is 5.09. The van der Waals surface area contributed by atoms with Crippen molar-refractivity contribution in [2.75, 3.05) is 26.2 Å². The van der Waals surface area contributed by atoms with Crippen molar-refractivity contribution in [2.24, 2.45) is 0 Å². The van der Waals surface area contributed by atoms with Crippen LogP contribution in [0.2, 0.25) is 0 Å². The minimum atomic E-state index is -0.157. The Morgan fingerprint density at radius 3 is 2.47 bits per heavy atom. The molecule has 84 valence electrons. The molecule has 1 aliphatic rings. The van der Waals surface area contributed by atoms with Gasteiger partial charge in [0.05, 0.1) is 6.54 Å². The van der Waals surface area contributed by atoms with Crippen LogP contribution >= 0.6 is 0 Å². The number of carbonyl (C=O) groups is 2. The molecule has 0 saturated carbocycles. The van der Waals surface area contributed by atoms with E-state index >= 15 is 0 Å². The van der Waals surface area contributed by atoms with Crippen molar-refractivity contribution in [3.8, 4) is 0 Å². The third-order valence-electron chi connectivity index (χ3n) is 2.33. The summed E-state index contributed by atoms with van der Waals surface area (Å²) in [5, 5.41) is 8.26. The van der Waals surface area contributed by atoms with Gasteiger partial charge in [-0.3, -0.25) is 9.59 Å². The lowest BCUT2D eigenvalue weighted by molar-refractivity contribution is -0.124. The van der Waals surface area contributed by atoms with Gasteiger partial charge in [-0.05, 0) is 19.4 Å². The molecule has 0 atom stereocenters. The molecule has 1 fully saturated rings. The summed E-state index contributed by atoms with van der Waals surface area (Å²) in [6.45, 7) is 5.81. The molecule has 1 heterocycles. The van der Waals surface area contributed by atoms with Crippen LogP contribution in [0.25, 0.3) is 0 Å². The Hall–Kier alpha value is -1.36. The van der Waals surface area contributed by atoms with Gasteiger partial charge in [-0.15, -0.1) is 0 Å². The van der Waals surface area contributed by atoms with Crippen molar-refractivity contribution in [3.05, 3.63) is 11.1 Å². The quantitative estimate of drug-likeness (QED) is 0.531. The SMILES string of the molecule is CCNC(=O)CNC(=O)C(C)=C1CNC1. The summed E-state index contributed by atoms with van der Waals surface area (Å²) >= 11 is 0. The third kappa shape index (κ3) is 3.36. The number of likely N-dealkylation sites (N-methyl/N-ethyl adjacent to an activating group) is 1. The van der Waals surface area contributed by atoms with Gasteiger partial charge in [0.25, 0.3) is 0 Å². The fourth-order valence-corrected chi connectivity index (χ4v) is 1.23. The third-order valence-corrected chi connectivity index (χ3v) is 2.33. The molecule has 15 heavy (non-hydrogen) atoms. The van der Waals surface area contributed by atoms with Gasteiger partial charge in [0.1, 0.15) is 0 Å². The van der Waals surface area contributed by atoms with Crippen LogP contribution in [0.3, 0.4) is 0 Å². The van der Waals surface area contributed by atoms with Gasteiger partial charge in [-0.1, -0.05) is 0 Å². The zero-order chi connectivity index (χ0) is 11.3. The summed E-state index contributed by atoms with van der Waals surface area (Å²) in [7, 11) is 0. The van der Waals surface area contributed by atoms with E-state index in [0.717, 1.165) is 24.2 Å². The van der Waals surface area contributed by atoms with Gasteiger partial charge in [-0.2, -0.15) is 0 Å². The second-order valence-corrected chi connectivity index (χ2v) is 3.47. The first kappa shape index (κ1) is 11.7. The van der Waals surface area contributed by atoms with Crippen molar-refractivity contribution < 1.29 is 9.59 Å². The lowest BCUT2D eigenvalue weighted by Crippen LogP contribution is -2.40. The van der Waals surface area contributed by atoms with Gasteiger partial charge < -0.3 is 16.0 Å². The summed E-state index contributed by atoms with van der Waals surface area (Å²) in [5.41, 5.74) is 1.83. The summed E-state index contributed by atoms with van der Waals surface area (Å²) in [6, 6.07) is 0. The molecular formula is C10H17N3O2. The molecule has 0 aromatic heterocycles. The van der Waals surface area contributed by atoms with Crippen molar-refractivity contribution >= 4 is 11.8 Å². The molecule has 5 heteroatoms. The van der Waals surface area contributed by atoms with E-state index in [0.29, 0.717) is 6.54 Å². The van der Waals surface area contributed by atoms with Crippen molar-refractivity contribution in [2.45, 2.75) is 13.8 Å². The maximum atomic E-state index is 11.5. The second-order valence-electron chi connectivity index (χ2n) is 3.47. The van der Waals surface area contributed by atoms with Gasteiger partial charge in [0, 0.05) is 25.2 Å². The molecule has 0 aromatic carbocycles. The Kier molecular flexibility index (Phi) is 4.30. The average molecular weight is 211 g/mol. The first-order chi connectivity index (χ1) is 7.15. The number of hydrogen-bond donors (Lipinski definition) is 3. The zero-order valence-electron chi connectivity index (χ0n) is 9.14. The fraction of sp³-hybridized carbons (Fsp3) is 0.600. The maximum absolute atomic E-state index is 11.5. The van der Waals surface area contributed by atoms with E-state index in [1.165, 1.54) is 0 Å². The predicted octanol–water partition coefficient (Wildman–Crippen LogP) is -0.842. The normalized spacial score (nSPS) is 14.1. The van der Waals surface area contributed by atoms with Crippen molar-refractivity contribution in [1.29, 1.82) is 0 Å². The Morgan fingerprint density at radius 1 is 1.33 bits per heavy atom. The average Bonchev–Trinajstić information content (AvgIpc) is 2.11. The summed E-state index contributed by atoms with van der Waals surface area (Å²) in [6.07, 6.45) is 0. The molecule has 1 rings (SSSR count).